The van der Waals surface area contributed by atoms with Gasteiger partial charge in [-0.3, -0.25) is 0 Å². The van der Waals surface area contributed by atoms with Crippen LogP contribution in [0.1, 0.15) is 13.3 Å². The van der Waals surface area contributed by atoms with Crippen molar-refractivity contribution in [2.75, 3.05) is 18.8 Å². The van der Waals surface area contributed by atoms with Crippen molar-refractivity contribution in [3.63, 3.8) is 0 Å². The van der Waals surface area contributed by atoms with Crippen LogP contribution in [-0.4, -0.2) is 18.8 Å². The quantitative estimate of drug-likeness (QED) is 0.435. The highest BCUT2D eigenvalue weighted by molar-refractivity contribution is 8.01. The second kappa shape index (κ2) is 7.10. The van der Waals surface area contributed by atoms with Gasteiger partial charge in [0.1, 0.15) is 0 Å². The van der Waals surface area contributed by atoms with Gasteiger partial charge in [-0.05, 0) is 24.4 Å². The van der Waals surface area contributed by atoms with E-state index in [0.717, 1.165) is 18.8 Å². The van der Waals surface area contributed by atoms with Gasteiger partial charge in [-0.25, -0.2) is 0 Å². The van der Waals surface area contributed by atoms with E-state index in [1.807, 2.05) is 11.8 Å². The van der Waals surface area contributed by atoms with Gasteiger partial charge < -0.3 is 5.32 Å². The first-order chi connectivity index (χ1) is 6.83. The minimum absolute atomic E-state index is 0.951. The maximum Gasteiger partial charge on any atom is 0.0601 e. The minimum atomic E-state index is 0.951. The molecule has 0 bridgehead atoms. The lowest BCUT2D eigenvalue weighted by Gasteiger charge is -2.05. The maximum atomic E-state index is 4.05. The summed E-state index contributed by atoms with van der Waals surface area (Å²) in [4.78, 5) is 0. The smallest absolute Gasteiger partial charge is 0.0601 e. The molecule has 1 nitrogen and oxygen atoms in total. The monoisotopic (exact) mass is 227 g/mol. The lowest BCUT2D eigenvalue weighted by molar-refractivity contribution is 0.716. The molecule has 0 saturated heterocycles. The van der Waals surface area contributed by atoms with Gasteiger partial charge in [0.25, 0.3) is 0 Å². The molecule has 0 aliphatic carbocycles. The Bertz CT molecular complexity index is 254. The molecule has 0 aliphatic rings. The van der Waals surface area contributed by atoms with E-state index >= 15 is 0 Å². The van der Waals surface area contributed by atoms with E-state index in [1.54, 1.807) is 11.3 Å². The highest BCUT2D eigenvalue weighted by atomic mass is 32.2. The van der Waals surface area contributed by atoms with Crippen molar-refractivity contribution in [1.82, 2.24) is 5.32 Å². The molecule has 14 heavy (non-hydrogen) atoms. The molecule has 0 saturated carbocycles. The van der Waals surface area contributed by atoms with Gasteiger partial charge in [-0.1, -0.05) is 25.1 Å². The van der Waals surface area contributed by atoms with E-state index in [4.69, 9.17) is 0 Å². The van der Waals surface area contributed by atoms with Crippen molar-refractivity contribution in [2.24, 2.45) is 0 Å². The van der Waals surface area contributed by atoms with Crippen molar-refractivity contribution in [3.05, 3.63) is 29.7 Å². The Balaban J connectivity index is 2.09. The molecular weight excluding hydrogens is 210 g/mol. The second-order valence-electron chi connectivity index (χ2n) is 3.15. The molecule has 1 heterocycles. The van der Waals surface area contributed by atoms with Crippen LogP contribution in [0.5, 0.6) is 0 Å². The van der Waals surface area contributed by atoms with Crippen molar-refractivity contribution in [1.29, 1.82) is 0 Å². The number of thioether (sulfide) groups is 1. The first-order valence-corrected chi connectivity index (χ1v) is 6.73. The highest BCUT2D eigenvalue weighted by Crippen LogP contribution is 2.24. The molecular formula is C11H17NS2. The number of rotatable bonds is 7. The van der Waals surface area contributed by atoms with E-state index in [9.17, 15) is 0 Å². The molecule has 0 spiro atoms. The van der Waals surface area contributed by atoms with Crippen molar-refractivity contribution in [2.45, 2.75) is 17.6 Å². The lowest BCUT2D eigenvalue weighted by atomic mass is 10.3. The average molecular weight is 227 g/mol. The third-order valence-electron chi connectivity index (χ3n) is 1.72. The summed E-state index contributed by atoms with van der Waals surface area (Å²) in [5.74, 6) is 1.03. The Labute approximate surface area is 94.6 Å². The molecule has 0 atom stereocenters. The summed E-state index contributed by atoms with van der Waals surface area (Å²) in [6.07, 6.45) is 1.19. The first kappa shape index (κ1) is 11.8. The SMILES string of the molecule is C=C(CNCCC)CSc1cccs1. The number of nitrogens with one attached hydrogen (secondary N) is 1. The average Bonchev–Trinajstić information content (AvgIpc) is 2.68. The Morgan fingerprint density at radius 3 is 3.14 bits per heavy atom. The zero-order chi connectivity index (χ0) is 10.2. The fourth-order valence-electron chi connectivity index (χ4n) is 1.01. The van der Waals surface area contributed by atoms with Crippen LogP contribution in [0.2, 0.25) is 0 Å². The van der Waals surface area contributed by atoms with Crippen LogP contribution in [-0.2, 0) is 0 Å². The van der Waals surface area contributed by atoms with E-state index in [0.29, 0.717) is 0 Å². The summed E-state index contributed by atoms with van der Waals surface area (Å²) in [6.45, 7) is 8.26. The fraction of sp³-hybridized carbons (Fsp3) is 0.455. The summed E-state index contributed by atoms with van der Waals surface area (Å²) in [5, 5.41) is 5.47. The fourth-order valence-corrected chi connectivity index (χ4v) is 2.70. The van der Waals surface area contributed by atoms with Gasteiger partial charge in [-0.15, -0.1) is 23.1 Å². The highest BCUT2D eigenvalue weighted by Gasteiger charge is 1.97. The Morgan fingerprint density at radius 2 is 2.50 bits per heavy atom. The van der Waals surface area contributed by atoms with Crippen molar-refractivity contribution >= 4 is 23.1 Å². The summed E-state index contributed by atoms with van der Waals surface area (Å²) in [5.41, 5.74) is 1.27. The summed E-state index contributed by atoms with van der Waals surface area (Å²) in [7, 11) is 0. The van der Waals surface area contributed by atoms with Crippen LogP contribution < -0.4 is 5.32 Å². The third kappa shape index (κ3) is 4.84. The van der Waals surface area contributed by atoms with Gasteiger partial charge in [0.2, 0.25) is 0 Å². The van der Waals surface area contributed by atoms with Crippen LogP contribution in [0.4, 0.5) is 0 Å². The zero-order valence-corrected chi connectivity index (χ0v) is 10.2. The van der Waals surface area contributed by atoms with Crippen LogP contribution in [0.25, 0.3) is 0 Å². The normalized spacial score (nSPS) is 10.4. The molecule has 1 aromatic rings. The molecule has 3 heteroatoms. The maximum absolute atomic E-state index is 4.05. The van der Waals surface area contributed by atoms with E-state index in [1.165, 1.54) is 16.2 Å². The number of hydrogen-bond acceptors (Lipinski definition) is 3. The van der Waals surface area contributed by atoms with Crippen LogP contribution >= 0.6 is 23.1 Å². The van der Waals surface area contributed by atoms with Gasteiger partial charge in [-0.2, -0.15) is 0 Å². The molecule has 0 aliphatic heterocycles. The summed E-state index contributed by atoms with van der Waals surface area (Å²) >= 11 is 3.67. The van der Waals surface area contributed by atoms with E-state index in [2.05, 4.69) is 36.3 Å². The molecule has 78 valence electrons. The van der Waals surface area contributed by atoms with Gasteiger partial charge in [0, 0.05) is 12.3 Å². The van der Waals surface area contributed by atoms with Crippen LogP contribution in [0, 0.1) is 0 Å². The van der Waals surface area contributed by atoms with Crippen molar-refractivity contribution < 1.29 is 0 Å². The van der Waals surface area contributed by atoms with E-state index < -0.39 is 0 Å². The van der Waals surface area contributed by atoms with Crippen LogP contribution in [0.3, 0.4) is 0 Å². The molecule has 0 aromatic carbocycles. The van der Waals surface area contributed by atoms with Gasteiger partial charge in [0.15, 0.2) is 0 Å². The van der Waals surface area contributed by atoms with Crippen molar-refractivity contribution in [3.8, 4) is 0 Å². The predicted octanol–water partition coefficient (Wildman–Crippen LogP) is 3.40. The molecule has 0 fully saturated rings. The summed E-state index contributed by atoms with van der Waals surface area (Å²) in [6, 6.07) is 4.24. The Kier molecular flexibility index (Phi) is 5.99. The lowest BCUT2D eigenvalue weighted by Crippen LogP contribution is -2.18. The molecule has 0 unspecified atom stereocenters. The largest absolute Gasteiger partial charge is 0.313 e. The Morgan fingerprint density at radius 1 is 1.64 bits per heavy atom. The topological polar surface area (TPSA) is 12.0 Å². The van der Waals surface area contributed by atoms with Gasteiger partial charge in [0.05, 0.1) is 4.21 Å². The molecule has 0 amide bonds. The molecule has 1 N–H and O–H groups in total. The Hall–Kier alpha value is -0.250. The second-order valence-corrected chi connectivity index (χ2v) is 5.37. The third-order valence-corrected chi connectivity index (χ3v) is 3.99. The minimum Gasteiger partial charge on any atom is -0.313 e. The standard InChI is InChI=1S/C11H17NS2/c1-3-6-12-8-10(2)9-14-11-5-4-7-13-11/h4-5,7,12H,2-3,6,8-9H2,1H3. The number of hydrogen-bond donors (Lipinski definition) is 1. The first-order valence-electron chi connectivity index (χ1n) is 4.86. The number of thiophene rings is 1. The predicted molar refractivity (Wildman–Crippen MR) is 67.3 cm³/mol. The zero-order valence-electron chi connectivity index (χ0n) is 8.58. The molecule has 0 radical (unpaired) electrons. The van der Waals surface area contributed by atoms with Gasteiger partial charge >= 0.3 is 0 Å². The summed E-state index contributed by atoms with van der Waals surface area (Å²) < 4.78 is 1.38. The van der Waals surface area contributed by atoms with E-state index in [-0.39, 0.29) is 0 Å². The molecule has 1 rings (SSSR count). The molecule has 1 aromatic heterocycles. The van der Waals surface area contributed by atoms with Crippen LogP contribution in [0.15, 0.2) is 33.9 Å².